The van der Waals surface area contributed by atoms with Crippen molar-refractivity contribution in [2.75, 3.05) is 0 Å². The van der Waals surface area contributed by atoms with Crippen molar-refractivity contribution >= 4 is 11.7 Å². The van der Waals surface area contributed by atoms with Crippen molar-refractivity contribution in [2.24, 2.45) is 4.99 Å². The number of carbonyl (C=O) groups excluding carboxylic acids is 1. The van der Waals surface area contributed by atoms with Gasteiger partial charge in [0.05, 0.1) is 29.7 Å². The molecule has 0 atom stereocenters. The second-order valence-electron chi connectivity index (χ2n) is 6.88. The number of carbonyl (C=O) groups is 1. The van der Waals surface area contributed by atoms with Gasteiger partial charge in [-0.2, -0.15) is 0 Å². The third-order valence-corrected chi connectivity index (χ3v) is 4.60. The van der Waals surface area contributed by atoms with Gasteiger partial charge in [0.2, 0.25) is 0 Å². The molecule has 1 aromatic heterocycles. The molecule has 0 spiro atoms. The Morgan fingerprint density at radius 3 is 2.76 bits per heavy atom. The fourth-order valence-corrected chi connectivity index (χ4v) is 3.32. The zero-order valence-corrected chi connectivity index (χ0v) is 16.0. The van der Waals surface area contributed by atoms with Crippen molar-refractivity contribution in [2.45, 2.75) is 26.5 Å². The Labute approximate surface area is 167 Å². The number of fused-ring (bicyclic) bond motifs is 3. The molecule has 0 amide bonds. The monoisotopic (exact) mass is 387 g/mol. The van der Waals surface area contributed by atoms with Gasteiger partial charge in [-0.05, 0) is 44.2 Å². The normalized spacial score (nSPS) is 12.4. The third-order valence-electron chi connectivity index (χ3n) is 4.60. The Hall–Kier alpha value is -3.72. The minimum atomic E-state index is -0.514. The van der Waals surface area contributed by atoms with E-state index < -0.39 is 5.97 Å². The first-order valence-corrected chi connectivity index (χ1v) is 9.17. The highest BCUT2D eigenvalue weighted by molar-refractivity contribution is 6.15. The molecule has 0 unspecified atom stereocenters. The Morgan fingerprint density at radius 2 is 2.03 bits per heavy atom. The van der Waals surface area contributed by atoms with Crippen LogP contribution in [-0.4, -0.2) is 27.3 Å². The number of halogens is 1. The second kappa shape index (κ2) is 7.36. The lowest BCUT2D eigenvalue weighted by molar-refractivity contribution is 0.0370. The minimum absolute atomic E-state index is 0.145. The predicted octanol–water partition coefficient (Wildman–Crippen LogP) is 3.91. The summed E-state index contributed by atoms with van der Waals surface area (Å²) in [5, 5.41) is 0. The molecule has 0 bridgehead atoms. The van der Waals surface area contributed by atoms with Gasteiger partial charge in [-0.15, -0.1) is 6.42 Å². The molecule has 29 heavy (non-hydrogen) atoms. The molecule has 1 aliphatic heterocycles. The number of hydrogen-bond donors (Lipinski definition) is 0. The summed E-state index contributed by atoms with van der Waals surface area (Å²) in [7, 11) is 0. The number of benzene rings is 2. The van der Waals surface area contributed by atoms with Crippen LogP contribution in [0, 0.1) is 18.2 Å². The summed E-state index contributed by atoms with van der Waals surface area (Å²) in [6.45, 7) is 3.70. The van der Waals surface area contributed by atoms with Crippen molar-refractivity contribution in [3.63, 3.8) is 0 Å². The number of rotatable bonds is 3. The Bertz CT molecular complexity index is 1190. The lowest BCUT2D eigenvalue weighted by atomic mass is 9.98. The summed E-state index contributed by atoms with van der Waals surface area (Å²) in [5.74, 6) is 1.71. The zero-order valence-electron chi connectivity index (χ0n) is 16.0. The number of imidazole rings is 1. The lowest BCUT2D eigenvalue weighted by Crippen LogP contribution is -2.14. The Morgan fingerprint density at radius 1 is 1.24 bits per heavy atom. The largest absolute Gasteiger partial charge is 0.458 e. The molecule has 0 aliphatic carbocycles. The van der Waals surface area contributed by atoms with Crippen LogP contribution in [0.2, 0.25) is 0 Å². The van der Waals surface area contributed by atoms with Gasteiger partial charge in [-0.1, -0.05) is 18.1 Å². The number of aromatic nitrogens is 2. The molecule has 144 valence electrons. The molecular weight excluding hydrogens is 369 g/mol. The molecule has 0 radical (unpaired) electrons. The highest BCUT2D eigenvalue weighted by Crippen LogP contribution is 2.28. The van der Waals surface area contributed by atoms with Crippen molar-refractivity contribution in [3.8, 4) is 18.0 Å². The van der Waals surface area contributed by atoms with E-state index in [-0.39, 0.29) is 24.2 Å². The van der Waals surface area contributed by atoms with Crippen molar-refractivity contribution < 1.29 is 13.9 Å². The van der Waals surface area contributed by atoms with E-state index in [0.717, 1.165) is 5.69 Å². The van der Waals surface area contributed by atoms with Crippen LogP contribution in [0.4, 0.5) is 4.39 Å². The van der Waals surface area contributed by atoms with Gasteiger partial charge in [0.25, 0.3) is 0 Å². The lowest BCUT2D eigenvalue weighted by Gasteiger charge is -2.13. The topological polar surface area (TPSA) is 56.5 Å². The highest BCUT2D eigenvalue weighted by atomic mass is 19.1. The van der Waals surface area contributed by atoms with E-state index in [1.165, 1.54) is 6.07 Å². The minimum Gasteiger partial charge on any atom is -0.458 e. The van der Waals surface area contributed by atoms with Gasteiger partial charge >= 0.3 is 5.97 Å². The average Bonchev–Trinajstić information content (AvgIpc) is 3.06. The first kappa shape index (κ1) is 18.6. The molecule has 5 nitrogen and oxygen atoms in total. The van der Waals surface area contributed by atoms with Crippen LogP contribution in [0.15, 0.2) is 53.8 Å². The van der Waals surface area contributed by atoms with E-state index in [1.54, 1.807) is 55.1 Å². The van der Waals surface area contributed by atoms with Gasteiger partial charge < -0.3 is 4.74 Å². The fraction of sp³-hybridized carbons (Fsp3) is 0.174. The average molecular weight is 387 g/mol. The van der Waals surface area contributed by atoms with Crippen LogP contribution in [-0.2, 0) is 11.3 Å². The van der Waals surface area contributed by atoms with Crippen molar-refractivity contribution in [1.82, 2.24) is 9.55 Å². The summed E-state index contributed by atoms with van der Waals surface area (Å²) >= 11 is 0. The molecule has 0 N–H and O–H groups in total. The molecule has 3 aromatic rings. The molecule has 2 aromatic carbocycles. The van der Waals surface area contributed by atoms with Crippen LogP contribution in [0.1, 0.15) is 46.7 Å². The van der Waals surface area contributed by atoms with Crippen LogP contribution in [0.25, 0.3) is 5.69 Å². The maximum Gasteiger partial charge on any atom is 0.359 e. The fourth-order valence-electron chi connectivity index (χ4n) is 3.32. The van der Waals surface area contributed by atoms with Gasteiger partial charge in [0, 0.05) is 16.7 Å². The summed E-state index contributed by atoms with van der Waals surface area (Å²) in [6.07, 6.45) is 6.86. The maximum absolute atomic E-state index is 14.6. The number of ether oxygens (including phenoxy) is 1. The molecule has 1 aliphatic rings. The zero-order chi connectivity index (χ0) is 20.5. The Balaban J connectivity index is 1.93. The standard InChI is InChI=1S/C23H18FN3O2/c1-4-15-9-10-19-17(11-15)21(16-7-5-6-8-18(16)24)25-12-20-22(26-13-27(19)20)23(28)29-14(2)3/h1,5-11,13-14H,12H2,2-3H3. The summed E-state index contributed by atoms with van der Waals surface area (Å²) in [4.78, 5) is 21.4. The number of hydrogen-bond acceptors (Lipinski definition) is 4. The molecule has 0 fully saturated rings. The number of nitrogens with zero attached hydrogens (tertiary/aromatic N) is 3. The van der Waals surface area contributed by atoms with Gasteiger partial charge in [0.15, 0.2) is 5.69 Å². The van der Waals surface area contributed by atoms with Crippen molar-refractivity contribution in [1.29, 1.82) is 0 Å². The second-order valence-corrected chi connectivity index (χ2v) is 6.88. The molecule has 4 rings (SSSR count). The van der Waals surface area contributed by atoms with Crippen molar-refractivity contribution in [3.05, 3.63) is 82.7 Å². The Kier molecular flexibility index (Phi) is 4.73. The predicted molar refractivity (Wildman–Crippen MR) is 108 cm³/mol. The van der Waals surface area contributed by atoms with Crippen LogP contribution >= 0.6 is 0 Å². The first-order valence-electron chi connectivity index (χ1n) is 9.17. The summed E-state index contributed by atoms with van der Waals surface area (Å²) in [6, 6.07) is 11.9. The highest BCUT2D eigenvalue weighted by Gasteiger charge is 2.26. The number of aliphatic imine (C=N–C) groups is 1. The smallest absolute Gasteiger partial charge is 0.359 e. The van der Waals surface area contributed by atoms with Crippen LogP contribution in [0.3, 0.4) is 0 Å². The van der Waals surface area contributed by atoms with E-state index in [0.29, 0.717) is 28.1 Å². The third kappa shape index (κ3) is 3.32. The van der Waals surface area contributed by atoms with Crippen LogP contribution < -0.4 is 0 Å². The first-order chi connectivity index (χ1) is 14.0. The van der Waals surface area contributed by atoms with Crippen LogP contribution in [0.5, 0.6) is 0 Å². The quantitative estimate of drug-likeness (QED) is 0.506. The summed E-state index contributed by atoms with van der Waals surface area (Å²) < 4.78 is 21.7. The van der Waals surface area contributed by atoms with Gasteiger partial charge in [-0.3, -0.25) is 9.56 Å². The van der Waals surface area contributed by atoms with Gasteiger partial charge in [-0.25, -0.2) is 14.2 Å². The van der Waals surface area contributed by atoms with E-state index in [9.17, 15) is 9.18 Å². The SMILES string of the molecule is C#Cc1ccc2c(c1)C(c1ccccc1F)=NCc1c(C(=O)OC(C)C)ncn1-2. The molecule has 0 saturated carbocycles. The van der Waals surface area contributed by atoms with E-state index in [1.807, 2.05) is 6.07 Å². The van der Waals surface area contributed by atoms with E-state index in [4.69, 9.17) is 11.2 Å². The molecule has 2 heterocycles. The van der Waals surface area contributed by atoms with E-state index >= 15 is 0 Å². The molecule has 0 saturated heterocycles. The van der Waals surface area contributed by atoms with E-state index in [2.05, 4.69) is 15.9 Å². The molecular formula is C23H18FN3O2. The molecule has 6 heteroatoms. The number of terminal acetylenes is 1. The van der Waals surface area contributed by atoms with Gasteiger partial charge in [0.1, 0.15) is 12.1 Å². The summed E-state index contributed by atoms with van der Waals surface area (Å²) in [5.41, 5.74) is 3.66. The maximum atomic E-state index is 14.6. The number of esters is 1.